The quantitative estimate of drug-likeness (QED) is 0.871. The number of nitrogens with zero attached hydrogens (tertiary/aromatic N) is 3. The van der Waals surface area contributed by atoms with Crippen molar-refractivity contribution in [1.29, 1.82) is 5.26 Å². The number of carbonyl (C=O) groups excluding carboxylic acids is 1. The first-order valence-corrected chi connectivity index (χ1v) is 9.02. The van der Waals surface area contributed by atoms with Crippen molar-refractivity contribution in [2.75, 3.05) is 32.1 Å². The van der Waals surface area contributed by atoms with E-state index in [-0.39, 0.29) is 11.9 Å². The molecule has 2 aromatic rings. The summed E-state index contributed by atoms with van der Waals surface area (Å²) in [7, 11) is 1.60. The predicted octanol–water partition coefficient (Wildman–Crippen LogP) is 3.20. The molecule has 1 fully saturated rings. The van der Waals surface area contributed by atoms with Gasteiger partial charge in [0.15, 0.2) is 0 Å². The fraction of sp³-hybridized carbons (Fsp3) is 0.421. The number of nitrogens with one attached hydrogen (secondary N) is 1. The standard InChI is InChI=1S/C19H21ClN4O2/c1-26-9-6-19(25)24-7-4-15(5-8-24)22-18-10-13(12-21)16-11-14(20)2-3-17(16)23-18/h2-3,10-11,15H,4-9H2,1H3,(H,22,23). The van der Waals surface area contributed by atoms with Crippen molar-refractivity contribution in [2.45, 2.75) is 25.3 Å². The average Bonchev–Trinajstić information content (AvgIpc) is 2.66. The number of fused-ring (bicyclic) bond motifs is 1. The first-order valence-electron chi connectivity index (χ1n) is 8.64. The van der Waals surface area contributed by atoms with Gasteiger partial charge in [-0.1, -0.05) is 11.6 Å². The number of methoxy groups -OCH3 is 1. The highest BCUT2D eigenvalue weighted by molar-refractivity contribution is 6.31. The Labute approximate surface area is 157 Å². The van der Waals surface area contributed by atoms with E-state index in [1.807, 2.05) is 11.0 Å². The number of hydrogen-bond acceptors (Lipinski definition) is 5. The van der Waals surface area contributed by atoms with E-state index in [2.05, 4.69) is 16.4 Å². The van der Waals surface area contributed by atoms with Crippen molar-refractivity contribution >= 4 is 34.2 Å². The van der Waals surface area contributed by atoms with E-state index >= 15 is 0 Å². The van der Waals surface area contributed by atoms with Gasteiger partial charge < -0.3 is 15.0 Å². The van der Waals surface area contributed by atoms with Gasteiger partial charge in [-0.2, -0.15) is 5.26 Å². The molecule has 2 heterocycles. The summed E-state index contributed by atoms with van der Waals surface area (Å²) in [6.45, 7) is 1.89. The Morgan fingerprint density at radius 1 is 1.42 bits per heavy atom. The molecule has 0 unspecified atom stereocenters. The number of piperidine rings is 1. The van der Waals surface area contributed by atoms with Crippen molar-refractivity contribution < 1.29 is 9.53 Å². The molecule has 7 heteroatoms. The summed E-state index contributed by atoms with van der Waals surface area (Å²) in [5.74, 6) is 0.818. The molecule has 0 saturated carbocycles. The maximum atomic E-state index is 12.0. The second kappa shape index (κ2) is 8.35. The molecule has 1 aromatic carbocycles. The molecular formula is C19H21ClN4O2. The number of nitriles is 1. The monoisotopic (exact) mass is 372 g/mol. The van der Waals surface area contributed by atoms with Gasteiger partial charge in [0.25, 0.3) is 0 Å². The summed E-state index contributed by atoms with van der Waals surface area (Å²) in [5, 5.41) is 14.2. The Kier molecular flexibility index (Phi) is 5.92. The number of anilines is 1. The van der Waals surface area contributed by atoms with E-state index in [1.54, 1.807) is 25.3 Å². The van der Waals surface area contributed by atoms with Gasteiger partial charge in [0.05, 0.1) is 30.2 Å². The first kappa shape index (κ1) is 18.4. The number of ether oxygens (including phenoxy) is 1. The number of carbonyl (C=O) groups is 1. The van der Waals surface area contributed by atoms with Crippen molar-refractivity contribution in [3.63, 3.8) is 0 Å². The lowest BCUT2D eigenvalue weighted by Gasteiger charge is -2.32. The molecule has 0 aliphatic carbocycles. The number of benzene rings is 1. The third-order valence-electron chi connectivity index (χ3n) is 4.61. The summed E-state index contributed by atoms with van der Waals surface area (Å²) in [5.41, 5.74) is 1.29. The van der Waals surface area contributed by atoms with Crippen molar-refractivity contribution in [1.82, 2.24) is 9.88 Å². The molecule has 6 nitrogen and oxygen atoms in total. The van der Waals surface area contributed by atoms with Gasteiger partial charge in [0, 0.05) is 36.7 Å². The number of pyridine rings is 1. The number of halogens is 1. The lowest BCUT2D eigenvalue weighted by molar-refractivity contribution is -0.133. The van der Waals surface area contributed by atoms with Gasteiger partial charge in [0.1, 0.15) is 5.82 Å². The number of amides is 1. The highest BCUT2D eigenvalue weighted by Crippen LogP contribution is 2.25. The minimum Gasteiger partial charge on any atom is -0.384 e. The van der Waals surface area contributed by atoms with Crippen LogP contribution in [0.5, 0.6) is 0 Å². The number of rotatable bonds is 5. The van der Waals surface area contributed by atoms with Crippen LogP contribution in [0, 0.1) is 11.3 Å². The van der Waals surface area contributed by atoms with Gasteiger partial charge in [-0.25, -0.2) is 4.98 Å². The van der Waals surface area contributed by atoms with Crippen LogP contribution in [0.4, 0.5) is 5.82 Å². The van der Waals surface area contributed by atoms with E-state index in [0.29, 0.717) is 42.5 Å². The lowest BCUT2D eigenvalue weighted by atomic mass is 10.0. The predicted molar refractivity (Wildman–Crippen MR) is 101 cm³/mol. The lowest BCUT2D eigenvalue weighted by Crippen LogP contribution is -2.42. The molecule has 1 N–H and O–H groups in total. The van der Waals surface area contributed by atoms with E-state index in [0.717, 1.165) is 23.7 Å². The fourth-order valence-electron chi connectivity index (χ4n) is 3.19. The molecule has 3 rings (SSSR count). The Morgan fingerprint density at radius 3 is 2.88 bits per heavy atom. The molecule has 0 spiro atoms. The Bertz CT molecular complexity index is 841. The minimum absolute atomic E-state index is 0.137. The number of hydrogen-bond donors (Lipinski definition) is 1. The van der Waals surface area contributed by atoms with Gasteiger partial charge in [-0.05, 0) is 37.1 Å². The summed E-state index contributed by atoms with van der Waals surface area (Å²) >= 11 is 6.02. The first-order chi connectivity index (χ1) is 12.6. The van der Waals surface area contributed by atoms with Gasteiger partial charge in [-0.15, -0.1) is 0 Å². The van der Waals surface area contributed by atoms with E-state index < -0.39 is 0 Å². The van der Waals surface area contributed by atoms with Gasteiger partial charge >= 0.3 is 0 Å². The third-order valence-corrected chi connectivity index (χ3v) is 4.85. The summed E-state index contributed by atoms with van der Waals surface area (Å²) in [6.07, 6.45) is 2.12. The summed E-state index contributed by atoms with van der Waals surface area (Å²) in [4.78, 5) is 18.5. The maximum Gasteiger partial charge on any atom is 0.224 e. The topological polar surface area (TPSA) is 78.2 Å². The molecule has 26 heavy (non-hydrogen) atoms. The molecule has 1 aliphatic rings. The van der Waals surface area contributed by atoms with Crippen LogP contribution in [0.2, 0.25) is 5.02 Å². The molecule has 0 atom stereocenters. The fourth-order valence-corrected chi connectivity index (χ4v) is 3.37. The average molecular weight is 373 g/mol. The molecule has 136 valence electrons. The molecule has 1 amide bonds. The Balaban J connectivity index is 1.66. The third kappa shape index (κ3) is 4.24. The maximum absolute atomic E-state index is 12.0. The molecule has 1 saturated heterocycles. The van der Waals surface area contributed by atoms with Gasteiger partial charge in [0.2, 0.25) is 5.91 Å². The molecule has 1 aliphatic heterocycles. The van der Waals surface area contributed by atoms with E-state index in [1.165, 1.54) is 0 Å². The zero-order chi connectivity index (χ0) is 18.5. The Hall–Kier alpha value is -2.36. The van der Waals surface area contributed by atoms with Gasteiger partial charge in [-0.3, -0.25) is 4.79 Å². The second-order valence-electron chi connectivity index (χ2n) is 6.37. The van der Waals surface area contributed by atoms with Crippen LogP contribution >= 0.6 is 11.6 Å². The molecule has 1 aromatic heterocycles. The largest absolute Gasteiger partial charge is 0.384 e. The highest BCUT2D eigenvalue weighted by atomic mass is 35.5. The minimum atomic E-state index is 0.137. The molecular weight excluding hydrogens is 352 g/mol. The zero-order valence-electron chi connectivity index (χ0n) is 14.7. The SMILES string of the molecule is COCCC(=O)N1CCC(Nc2cc(C#N)c3cc(Cl)ccc3n2)CC1. The van der Waals surface area contributed by atoms with Crippen molar-refractivity contribution in [3.05, 3.63) is 34.9 Å². The normalized spacial score (nSPS) is 15.0. The van der Waals surface area contributed by atoms with Crippen LogP contribution in [-0.4, -0.2) is 48.6 Å². The van der Waals surface area contributed by atoms with Crippen LogP contribution in [0.1, 0.15) is 24.8 Å². The van der Waals surface area contributed by atoms with Crippen LogP contribution < -0.4 is 5.32 Å². The van der Waals surface area contributed by atoms with Crippen LogP contribution in [-0.2, 0) is 9.53 Å². The van der Waals surface area contributed by atoms with E-state index in [4.69, 9.17) is 16.3 Å². The van der Waals surface area contributed by atoms with Crippen LogP contribution in [0.3, 0.4) is 0 Å². The molecule has 0 radical (unpaired) electrons. The smallest absolute Gasteiger partial charge is 0.224 e. The number of likely N-dealkylation sites (tertiary alicyclic amines) is 1. The zero-order valence-corrected chi connectivity index (χ0v) is 15.4. The molecule has 0 bridgehead atoms. The summed E-state index contributed by atoms with van der Waals surface area (Å²) in [6, 6.07) is 9.55. The van der Waals surface area contributed by atoms with Crippen LogP contribution in [0.15, 0.2) is 24.3 Å². The van der Waals surface area contributed by atoms with Crippen LogP contribution in [0.25, 0.3) is 10.9 Å². The number of aromatic nitrogens is 1. The summed E-state index contributed by atoms with van der Waals surface area (Å²) < 4.78 is 4.97. The second-order valence-corrected chi connectivity index (χ2v) is 6.81. The Morgan fingerprint density at radius 2 is 2.19 bits per heavy atom. The van der Waals surface area contributed by atoms with E-state index in [9.17, 15) is 10.1 Å². The van der Waals surface area contributed by atoms with Crippen molar-refractivity contribution in [3.8, 4) is 6.07 Å². The van der Waals surface area contributed by atoms with Crippen molar-refractivity contribution in [2.24, 2.45) is 0 Å². The highest BCUT2D eigenvalue weighted by Gasteiger charge is 2.23.